The molecule has 1 saturated heterocycles. The molecule has 82 valence electrons. The second-order valence-electron chi connectivity index (χ2n) is 4.63. The van der Waals surface area contributed by atoms with Crippen LogP contribution in [-0.4, -0.2) is 11.9 Å². The van der Waals surface area contributed by atoms with E-state index in [9.17, 15) is 4.79 Å². The Kier molecular flexibility index (Phi) is 2.80. The van der Waals surface area contributed by atoms with Crippen LogP contribution in [0.1, 0.15) is 38.4 Å². The van der Waals surface area contributed by atoms with Gasteiger partial charge in [0, 0.05) is 18.4 Å². The molecule has 1 fully saturated rings. The third-order valence-corrected chi connectivity index (χ3v) is 2.87. The minimum Gasteiger partial charge on any atom is -0.469 e. The van der Waals surface area contributed by atoms with Crippen LogP contribution in [0.3, 0.4) is 0 Å². The monoisotopic (exact) mass is 207 g/mol. The Labute approximate surface area is 89.9 Å². The van der Waals surface area contributed by atoms with E-state index in [1.165, 1.54) is 0 Å². The molecule has 1 aliphatic heterocycles. The average molecular weight is 207 g/mol. The lowest BCUT2D eigenvalue weighted by atomic mass is 9.91. The van der Waals surface area contributed by atoms with Gasteiger partial charge in [0.15, 0.2) is 0 Å². The number of hydrogen-bond donors (Lipinski definition) is 1. The van der Waals surface area contributed by atoms with Crippen molar-refractivity contribution in [1.29, 1.82) is 0 Å². The van der Waals surface area contributed by atoms with Gasteiger partial charge < -0.3 is 9.73 Å². The zero-order valence-corrected chi connectivity index (χ0v) is 9.19. The maximum absolute atomic E-state index is 11.4. The van der Waals surface area contributed by atoms with Crippen molar-refractivity contribution in [3.8, 4) is 0 Å². The Morgan fingerprint density at radius 1 is 1.60 bits per heavy atom. The molecule has 0 radical (unpaired) electrons. The smallest absolute Gasteiger partial charge is 0.221 e. The summed E-state index contributed by atoms with van der Waals surface area (Å²) in [7, 11) is 0. The number of carbonyl (C=O) groups excluding carboxylic acids is 1. The van der Waals surface area contributed by atoms with E-state index in [1.54, 1.807) is 6.26 Å². The number of rotatable bonds is 3. The molecule has 0 bridgehead atoms. The Balaban J connectivity index is 2.12. The summed E-state index contributed by atoms with van der Waals surface area (Å²) in [6, 6.07) is 4.08. The summed E-state index contributed by atoms with van der Waals surface area (Å²) in [5, 5.41) is 3.02. The largest absolute Gasteiger partial charge is 0.469 e. The Morgan fingerprint density at radius 3 is 3.00 bits per heavy atom. The lowest BCUT2D eigenvalue weighted by Gasteiger charge is -2.18. The van der Waals surface area contributed by atoms with Crippen LogP contribution in [0.15, 0.2) is 22.8 Å². The van der Waals surface area contributed by atoms with Gasteiger partial charge in [0.25, 0.3) is 0 Å². The van der Waals surface area contributed by atoms with Gasteiger partial charge in [0.1, 0.15) is 5.76 Å². The number of nitrogens with one attached hydrogen (secondary N) is 1. The topological polar surface area (TPSA) is 42.2 Å². The zero-order valence-electron chi connectivity index (χ0n) is 9.19. The lowest BCUT2D eigenvalue weighted by Crippen LogP contribution is -2.29. The van der Waals surface area contributed by atoms with Crippen LogP contribution in [0.5, 0.6) is 0 Å². The first kappa shape index (κ1) is 10.3. The molecule has 2 unspecified atom stereocenters. The summed E-state index contributed by atoms with van der Waals surface area (Å²) in [4.78, 5) is 11.4. The van der Waals surface area contributed by atoms with E-state index in [-0.39, 0.29) is 17.9 Å². The van der Waals surface area contributed by atoms with Crippen LogP contribution in [0.25, 0.3) is 0 Å². The summed E-state index contributed by atoms with van der Waals surface area (Å²) in [6.45, 7) is 4.34. The summed E-state index contributed by atoms with van der Waals surface area (Å²) in [5.74, 6) is 1.88. The van der Waals surface area contributed by atoms with Gasteiger partial charge in [-0.2, -0.15) is 0 Å². The summed E-state index contributed by atoms with van der Waals surface area (Å²) >= 11 is 0. The van der Waals surface area contributed by atoms with E-state index in [0.717, 1.165) is 12.2 Å². The third kappa shape index (κ3) is 2.22. The van der Waals surface area contributed by atoms with Crippen molar-refractivity contribution in [2.75, 3.05) is 0 Å². The van der Waals surface area contributed by atoms with Crippen molar-refractivity contribution in [2.45, 2.75) is 38.6 Å². The number of furan rings is 1. The predicted octanol–water partition coefficient (Wildman–Crippen LogP) is 2.30. The minimum atomic E-state index is 0.141. The van der Waals surface area contributed by atoms with Crippen LogP contribution >= 0.6 is 0 Å². The van der Waals surface area contributed by atoms with Crippen LogP contribution < -0.4 is 5.32 Å². The highest BCUT2D eigenvalue weighted by atomic mass is 16.3. The first-order valence-corrected chi connectivity index (χ1v) is 5.49. The van der Waals surface area contributed by atoms with Gasteiger partial charge in [-0.1, -0.05) is 13.8 Å². The number of amides is 1. The fourth-order valence-corrected chi connectivity index (χ4v) is 2.24. The summed E-state index contributed by atoms with van der Waals surface area (Å²) < 4.78 is 5.39. The standard InChI is InChI=1S/C12H17NO2/c1-8(2)6-10-9(7-12(14)13-10)11-4-3-5-15-11/h3-5,8-10H,6-7H2,1-2H3,(H,13,14). The molecule has 3 heteroatoms. The van der Waals surface area contributed by atoms with Gasteiger partial charge in [-0.05, 0) is 24.5 Å². The van der Waals surface area contributed by atoms with Crippen LogP contribution in [0.2, 0.25) is 0 Å². The molecular weight excluding hydrogens is 190 g/mol. The van der Waals surface area contributed by atoms with E-state index in [0.29, 0.717) is 12.3 Å². The maximum atomic E-state index is 11.4. The summed E-state index contributed by atoms with van der Waals surface area (Å²) in [6.07, 6.45) is 3.24. The van der Waals surface area contributed by atoms with Gasteiger partial charge in [0.2, 0.25) is 5.91 Å². The molecule has 1 N–H and O–H groups in total. The molecule has 0 saturated carbocycles. The zero-order chi connectivity index (χ0) is 10.8. The van der Waals surface area contributed by atoms with E-state index in [4.69, 9.17) is 4.42 Å². The van der Waals surface area contributed by atoms with Crippen LogP contribution in [0, 0.1) is 5.92 Å². The Bertz CT molecular complexity index is 329. The second kappa shape index (κ2) is 4.09. The van der Waals surface area contributed by atoms with Gasteiger partial charge in [0.05, 0.1) is 6.26 Å². The molecule has 0 aliphatic carbocycles. The van der Waals surface area contributed by atoms with Crippen molar-refractivity contribution in [3.63, 3.8) is 0 Å². The van der Waals surface area contributed by atoms with Crippen molar-refractivity contribution in [3.05, 3.63) is 24.2 Å². The van der Waals surface area contributed by atoms with E-state index < -0.39 is 0 Å². The van der Waals surface area contributed by atoms with E-state index >= 15 is 0 Å². The highest BCUT2D eigenvalue weighted by Gasteiger charge is 2.35. The molecule has 1 amide bonds. The van der Waals surface area contributed by atoms with Gasteiger partial charge in [-0.3, -0.25) is 4.79 Å². The van der Waals surface area contributed by atoms with E-state index in [1.807, 2.05) is 12.1 Å². The van der Waals surface area contributed by atoms with Gasteiger partial charge in [-0.25, -0.2) is 0 Å². The maximum Gasteiger partial charge on any atom is 0.221 e. The molecule has 2 heterocycles. The SMILES string of the molecule is CC(C)CC1NC(=O)CC1c1ccco1. The van der Waals surface area contributed by atoms with Gasteiger partial charge >= 0.3 is 0 Å². The fourth-order valence-electron chi connectivity index (χ4n) is 2.24. The first-order chi connectivity index (χ1) is 7.16. The van der Waals surface area contributed by atoms with E-state index in [2.05, 4.69) is 19.2 Å². The highest BCUT2D eigenvalue weighted by Crippen LogP contribution is 2.31. The molecular formula is C12H17NO2. The second-order valence-corrected chi connectivity index (χ2v) is 4.63. The van der Waals surface area contributed by atoms with Crippen LogP contribution in [0.4, 0.5) is 0 Å². The quantitative estimate of drug-likeness (QED) is 0.826. The third-order valence-electron chi connectivity index (χ3n) is 2.87. The molecule has 2 atom stereocenters. The predicted molar refractivity (Wildman–Crippen MR) is 57.5 cm³/mol. The van der Waals surface area contributed by atoms with Crippen molar-refractivity contribution < 1.29 is 9.21 Å². The molecule has 1 aliphatic rings. The Morgan fingerprint density at radius 2 is 2.40 bits per heavy atom. The normalized spacial score (nSPS) is 25.9. The molecule has 2 rings (SSSR count). The molecule has 0 spiro atoms. The Hall–Kier alpha value is -1.25. The highest BCUT2D eigenvalue weighted by molar-refractivity contribution is 5.80. The van der Waals surface area contributed by atoms with Crippen molar-refractivity contribution in [1.82, 2.24) is 5.32 Å². The molecule has 1 aromatic heterocycles. The fraction of sp³-hybridized carbons (Fsp3) is 0.583. The van der Waals surface area contributed by atoms with Crippen molar-refractivity contribution in [2.24, 2.45) is 5.92 Å². The number of hydrogen-bond acceptors (Lipinski definition) is 2. The van der Waals surface area contributed by atoms with Crippen LogP contribution in [-0.2, 0) is 4.79 Å². The minimum absolute atomic E-state index is 0.141. The van der Waals surface area contributed by atoms with Crippen molar-refractivity contribution >= 4 is 5.91 Å². The van der Waals surface area contributed by atoms with Gasteiger partial charge in [-0.15, -0.1) is 0 Å². The molecule has 0 aromatic carbocycles. The number of carbonyl (C=O) groups is 1. The molecule has 3 nitrogen and oxygen atoms in total. The molecule has 15 heavy (non-hydrogen) atoms. The summed E-state index contributed by atoms with van der Waals surface area (Å²) in [5.41, 5.74) is 0. The molecule has 1 aromatic rings. The average Bonchev–Trinajstić information content (AvgIpc) is 2.72. The first-order valence-electron chi connectivity index (χ1n) is 5.49. The lowest BCUT2D eigenvalue weighted by molar-refractivity contribution is -0.119.